The molecular weight excluding hydrogens is 360 g/mol. The number of aromatic nitrogens is 1. The average Bonchev–Trinajstić information content (AvgIpc) is 3.40. The summed E-state index contributed by atoms with van der Waals surface area (Å²) in [5.74, 6) is 1.02. The summed E-state index contributed by atoms with van der Waals surface area (Å²) in [7, 11) is 0. The number of Topliss-reactive ketones (excluding diaryl/α,β-unsaturated/α-hetero) is 1. The third-order valence-electron chi connectivity index (χ3n) is 7.40. The van der Waals surface area contributed by atoms with Crippen LogP contribution in [0, 0.1) is 12.8 Å². The fourth-order valence-electron chi connectivity index (χ4n) is 5.71. The zero-order valence-electron chi connectivity index (χ0n) is 17.9. The first-order chi connectivity index (χ1) is 14.1. The van der Waals surface area contributed by atoms with Crippen molar-refractivity contribution in [3.8, 4) is 0 Å². The normalized spacial score (nSPS) is 27.0. The van der Waals surface area contributed by atoms with E-state index in [-0.39, 0.29) is 5.78 Å². The van der Waals surface area contributed by atoms with Crippen LogP contribution in [-0.2, 0) is 11.3 Å². The van der Waals surface area contributed by atoms with Crippen molar-refractivity contribution in [2.45, 2.75) is 83.5 Å². The second-order valence-electron chi connectivity index (χ2n) is 9.61. The lowest BCUT2D eigenvalue weighted by molar-refractivity contribution is -0.0241. The van der Waals surface area contributed by atoms with Crippen LogP contribution in [0.2, 0.25) is 0 Å². The fraction of sp³-hybridized carbons (Fsp3) is 0.640. The Morgan fingerprint density at radius 3 is 2.55 bits per heavy atom. The van der Waals surface area contributed by atoms with Gasteiger partial charge in [-0.15, -0.1) is 0 Å². The number of aryl methyl sites for hydroxylation is 2. The first kappa shape index (κ1) is 19.3. The van der Waals surface area contributed by atoms with Crippen molar-refractivity contribution in [1.82, 2.24) is 9.47 Å². The third kappa shape index (κ3) is 3.89. The number of carbonyl (C=O) groups excluding carboxylic acids is 1. The van der Waals surface area contributed by atoms with Gasteiger partial charge >= 0.3 is 0 Å². The van der Waals surface area contributed by atoms with Crippen molar-refractivity contribution < 1.29 is 9.53 Å². The lowest BCUT2D eigenvalue weighted by Gasteiger charge is -2.39. The molecule has 0 amide bonds. The maximum atomic E-state index is 12.1. The lowest BCUT2D eigenvalue weighted by atomic mass is 9.99. The second kappa shape index (κ2) is 7.88. The molecule has 3 atom stereocenters. The van der Waals surface area contributed by atoms with Gasteiger partial charge in [0.25, 0.3) is 0 Å². The molecule has 156 valence electrons. The molecule has 0 spiro atoms. The molecule has 1 saturated carbocycles. The third-order valence-corrected chi connectivity index (χ3v) is 7.40. The summed E-state index contributed by atoms with van der Waals surface area (Å²) in [5.41, 5.74) is 3.34. The van der Waals surface area contributed by atoms with E-state index in [0.29, 0.717) is 18.2 Å². The highest BCUT2D eigenvalue weighted by molar-refractivity contribution is 6.07. The molecule has 3 aliphatic rings. The molecule has 1 aliphatic carbocycles. The molecule has 3 heterocycles. The SMILES string of the molecule is CC(=O)c1cn(CCCN2[C@@H]3CC[C@H]2CC(OCC2CC2)C3)c2c(C)cccc12. The Morgan fingerprint density at radius 1 is 1.10 bits per heavy atom. The summed E-state index contributed by atoms with van der Waals surface area (Å²) in [6.45, 7) is 6.96. The molecule has 4 heteroatoms. The quantitative estimate of drug-likeness (QED) is 0.593. The van der Waals surface area contributed by atoms with E-state index in [9.17, 15) is 4.79 Å². The van der Waals surface area contributed by atoms with Gasteiger partial charge in [-0.25, -0.2) is 0 Å². The number of carbonyl (C=O) groups is 1. The molecule has 3 fully saturated rings. The van der Waals surface area contributed by atoms with Crippen molar-refractivity contribution in [3.63, 3.8) is 0 Å². The van der Waals surface area contributed by atoms with Crippen LogP contribution < -0.4 is 0 Å². The summed E-state index contributed by atoms with van der Waals surface area (Å²) in [4.78, 5) is 14.9. The Labute approximate surface area is 174 Å². The molecule has 4 nitrogen and oxygen atoms in total. The molecule has 1 unspecified atom stereocenters. The van der Waals surface area contributed by atoms with Crippen molar-refractivity contribution in [2.24, 2.45) is 5.92 Å². The summed E-state index contributed by atoms with van der Waals surface area (Å²) < 4.78 is 8.55. The zero-order valence-corrected chi connectivity index (χ0v) is 17.9. The summed E-state index contributed by atoms with van der Waals surface area (Å²) in [5, 5.41) is 1.10. The van der Waals surface area contributed by atoms with Gasteiger partial charge in [-0.2, -0.15) is 0 Å². The van der Waals surface area contributed by atoms with Gasteiger partial charge in [0.1, 0.15) is 0 Å². The number of piperidine rings is 1. The van der Waals surface area contributed by atoms with Crippen LogP contribution in [0.4, 0.5) is 0 Å². The largest absolute Gasteiger partial charge is 0.378 e. The van der Waals surface area contributed by atoms with E-state index >= 15 is 0 Å². The average molecular weight is 395 g/mol. The van der Waals surface area contributed by atoms with Crippen LogP contribution in [0.25, 0.3) is 10.9 Å². The van der Waals surface area contributed by atoms with Gasteiger partial charge in [0.05, 0.1) is 11.6 Å². The smallest absolute Gasteiger partial charge is 0.161 e. The van der Waals surface area contributed by atoms with Crippen molar-refractivity contribution in [2.75, 3.05) is 13.2 Å². The number of rotatable bonds is 8. The highest BCUT2D eigenvalue weighted by atomic mass is 16.5. The van der Waals surface area contributed by atoms with E-state index in [2.05, 4.69) is 40.8 Å². The summed E-state index contributed by atoms with van der Waals surface area (Å²) in [6, 6.07) is 7.72. The first-order valence-electron chi connectivity index (χ1n) is 11.6. The number of para-hydroxylation sites is 1. The van der Waals surface area contributed by atoms with Crippen LogP contribution >= 0.6 is 0 Å². The Balaban J connectivity index is 1.21. The van der Waals surface area contributed by atoms with Gasteiger partial charge in [0.2, 0.25) is 0 Å². The van der Waals surface area contributed by atoms with Crippen LogP contribution in [0.1, 0.15) is 67.8 Å². The Bertz CT molecular complexity index is 884. The van der Waals surface area contributed by atoms with Gasteiger partial charge in [0, 0.05) is 48.9 Å². The molecule has 2 aromatic rings. The molecule has 0 N–H and O–H groups in total. The molecule has 0 radical (unpaired) electrons. The van der Waals surface area contributed by atoms with E-state index in [1.54, 1.807) is 6.92 Å². The van der Waals surface area contributed by atoms with Gasteiger partial charge < -0.3 is 9.30 Å². The first-order valence-corrected chi connectivity index (χ1v) is 11.6. The second-order valence-corrected chi connectivity index (χ2v) is 9.61. The Hall–Kier alpha value is -1.65. The van der Waals surface area contributed by atoms with E-state index < -0.39 is 0 Å². The number of ether oxygens (including phenoxy) is 1. The number of nitrogens with zero attached hydrogens (tertiary/aromatic N) is 2. The van der Waals surface area contributed by atoms with Crippen LogP contribution in [-0.4, -0.2) is 46.6 Å². The number of hydrogen-bond acceptors (Lipinski definition) is 3. The van der Waals surface area contributed by atoms with E-state index in [1.165, 1.54) is 49.6 Å². The van der Waals surface area contributed by atoms with Crippen molar-refractivity contribution >= 4 is 16.7 Å². The molecule has 1 aromatic carbocycles. The number of hydrogen-bond donors (Lipinski definition) is 0. The predicted molar refractivity (Wildman–Crippen MR) is 117 cm³/mol. The molecule has 1 aromatic heterocycles. The minimum atomic E-state index is 0.158. The number of fused-ring (bicyclic) bond motifs is 3. The Morgan fingerprint density at radius 2 is 1.86 bits per heavy atom. The molecule has 5 rings (SSSR count). The van der Waals surface area contributed by atoms with Gasteiger partial charge in [-0.05, 0) is 70.3 Å². The van der Waals surface area contributed by atoms with Crippen LogP contribution in [0.5, 0.6) is 0 Å². The number of ketones is 1. The maximum absolute atomic E-state index is 12.1. The minimum Gasteiger partial charge on any atom is -0.378 e. The molecule has 29 heavy (non-hydrogen) atoms. The minimum absolute atomic E-state index is 0.158. The van der Waals surface area contributed by atoms with Gasteiger partial charge in [-0.3, -0.25) is 9.69 Å². The van der Waals surface area contributed by atoms with Crippen molar-refractivity contribution in [1.29, 1.82) is 0 Å². The van der Waals surface area contributed by atoms with E-state index in [0.717, 1.165) is 43.0 Å². The molecule has 2 aliphatic heterocycles. The summed E-state index contributed by atoms with van der Waals surface area (Å²) >= 11 is 0. The molecule has 2 saturated heterocycles. The standard InChI is InChI=1S/C25H34N2O2/c1-17-5-3-6-23-24(18(2)28)15-26(25(17)23)11-4-12-27-20-9-10-21(27)14-22(13-20)29-16-19-7-8-19/h3,5-6,15,19-22H,4,7-14,16H2,1-2H3/t20-,21+,22?. The van der Waals surface area contributed by atoms with Crippen LogP contribution in [0.15, 0.2) is 24.4 Å². The van der Waals surface area contributed by atoms with Gasteiger partial charge in [-0.1, -0.05) is 18.2 Å². The molecular formula is C25H34N2O2. The van der Waals surface area contributed by atoms with Crippen LogP contribution in [0.3, 0.4) is 0 Å². The summed E-state index contributed by atoms with van der Waals surface area (Å²) in [6.07, 6.45) is 11.6. The Kier molecular flexibility index (Phi) is 5.25. The topological polar surface area (TPSA) is 34.5 Å². The predicted octanol–water partition coefficient (Wildman–Crippen LogP) is 4.96. The fourth-order valence-corrected chi connectivity index (χ4v) is 5.71. The lowest BCUT2D eigenvalue weighted by Crippen LogP contribution is -2.46. The maximum Gasteiger partial charge on any atom is 0.161 e. The highest BCUT2D eigenvalue weighted by Crippen LogP contribution is 2.38. The highest BCUT2D eigenvalue weighted by Gasteiger charge is 2.41. The van der Waals surface area contributed by atoms with E-state index in [1.807, 2.05) is 0 Å². The zero-order chi connectivity index (χ0) is 20.0. The van der Waals surface area contributed by atoms with E-state index in [4.69, 9.17) is 4.74 Å². The molecule has 2 bridgehead atoms. The number of benzene rings is 1. The van der Waals surface area contributed by atoms with Gasteiger partial charge in [0.15, 0.2) is 5.78 Å². The monoisotopic (exact) mass is 394 g/mol. The van der Waals surface area contributed by atoms with Crippen molar-refractivity contribution in [3.05, 3.63) is 35.5 Å².